The van der Waals surface area contributed by atoms with Gasteiger partial charge >= 0.3 is 6.01 Å². The molecule has 0 amide bonds. The Morgan fingerprint density at radius 2 is 1.82 bits per heavy atom. The van der Waals surface area contributed by atoms with Crippen LogP contribution in [-0.2, 0) is 6.61 Å². The van der Waals surface area contributed by atoms with E-state index < -0.39 is 0 Å². The number of aliphatic hydroxyl groups excluding tert-OH is 1. The first kappa shape index (κ1) is 11.9. The summed E-state index contributed by atoms with van der Waals surface area (Å²) in [5.41, 5.74) is 0.662. The number of aliphatic hydroxyl groups is 1. The van der Waals surface area contributed by atoms with Crippen molar-refractivity contribution in [3.63, 3.8) is 0 Å². The third-order valence-electron chi connectivity index (χ3n) is 2.13. The van der Waals surface area contributed by atoms with Crippen LogP contribution in [0.15, 0.2) is 41.6 Å². The molecule has 0 aliphatic heterocycles. The van der Waals surface area contributed by atoms with Gasteiger partial charge in [-0.3, -0.25) is 0 Å². The van der Waals surface area contributed by atoms with Crippen molar-refractivity contribution in [2.75, 3.05) is 6.26 Å². The normalized spacial score (nSPS) is 10.2. The van der Waals surface area contributed by atoms with E-state index in [-0.39, 0.29) is 12.6 Å². The van der Waals surface area contributed by atoms with Gasteiger partial charge in [-0.25, -0.2) is 9.97 Å². The largest absolute Gasteiger partial charge is 0.424 e. The Hall–Kier alpha value is -1.59. The zero-order valence-electron chi connectivity index (χ0n) is 9.33. The molecule has 0 fully saturated rings. The molecule has 0 spiro atoms. The van der Waals surface area contributed by atoms with Gasteiger partial charge < -0.3 is 9.84 Å². The molecule has 1 aromatic heterocycles. The number of thioether (sulfide) groups is 1. The number of ether oxygens (including phenoxy) is 1. The molecule has 1 N–H and O–H groups in total. The Labute approximate surface area is 104 Å². The molecule has 2 aromatic rings. The van der Waals surface area contributed by atoms with Gasteiger partial charge in [0.1, 0.15) is 5.75 Å². The molecule has 0 unspecified atom stereocenters. The SMILES string of the molecule is CSc1ccc(Oc2ncc(CO)cn2)cc1. The van der Waals surface area contributed by atoms with Crippen LogP contribution in [0.25, 0.3) is 0 Å². The van der Waals surface area contributed by atoms with Crippen molar-refractivity contribution in [2.24, 2.45) is 0 Å². The maximum Gasteiger partial charge on any atom is 0.321 e. The summed E-state index contributed by atoms with van der Waals surface area (Å²) in [5, 5.41) is 8.85. The summed E-state index contributed by atoms with van der Waals surface area (Å²) in [6.07, 6.45) is 5.10. The summed E-state index contributed by atoms with van der Waals surface area (Å²) in [6.45, 7) is -0.0668. The number of aromatic nitrogens is 2. The lowest BCUT2D eigenvalue weighted by molar-refractivity contribution is 0.280. The van der Waals surface area contributed by atoms with Crippen LogP contribution in [0.4, 0.5) is 0 Å². The molecule has 0 aliphatic carbocycles. The summed E-state index contributed by atoms with van der Waals surface area (Å²) < 4.78 is 5.46. The second-order valence-corrected chi connectivity index (χ2v) is 4.19. The minimum absolute atomic E-state index is 0.0668. The molecule has 4 nitrogen and oxygen atoms in total. The molecule has 2 rings (SSSR count). The van der Waals surface area contributed by atoms with E-state index >= 15 is 0 Å². The van der Waals surface area contributed by atoms with Gasteiger partial charge in [-0.15, -0.1) is 11.8 Å². The van der Waals surface area contributed by atoms with Crippen molar-refractivity contribution in [2.45, 2.75) is 11.5 Å². The molecule has 17 heavy (non-hydrogen) atoms. The fraction of sp³-hybridized carbons (Fsp3) is 0.167. The Kier molecular flexibility index (Phi) is 3.95. The molecule has 0 saturated carbocycles. The van der Waals surface area contributed by atoms with Crippen LogP contribution in [0.2, 0.25) is 0 Å². The van der Waals surface area contributed by atoms with Crippen molar-refractivity contribution in [1.29, 1.82) is 0 Å². The number of nitrogens with zero attached hydrogens (tertiary/aromatic N) is 2. The smallest absolute Gasteiger partial charge is 0.321 e. The van der Waals surface area contributed by atoms with Crippen LogP contribution >= 0.6 is 11.8 Å². The second kappa shape index (κ2) is 5.65. The van der Waals surface area contributed by atoms with E-state index in [0.717, 1.165) is 0 Å². The van der Waals surface area contributed by atoms with E-state index in [2.05, 4.69) is 9.97 Å². The Balaban J connectivity index is 2.08. The fourth-order valence-corrected chi connectivity index (χ4v) is 1.63. The lowest BCUT2D eigenvalue weighted by Gasteiger charge is -2.04. The molecule has 0 atom stereocenters. The zero-order valence-corrected chi connectivity index (χ0v) is 10.1. The van der Waals surface area contributed by atoms with Gasteiger partial charge in [0.15, 0.2) is 0 Å². The van der Waals surface area contributed by atoms with E-state index in [9.17, 15) is 0 Å². The molecule has 0 bridgehead atoms. The third kappa shape index (κ3) is 3.18. The summed E-state index contributed by atoms with van der Waals surface area (Å²) in [6, 6.07) is 7.97. The minimum atomic E-state index is -0.0668. The van der Waals surface area contributed by atoms with Gasteiger partial charge in [-0.1, -0.05) is 0 Å². The third-order valence-corrected chi connectivity index (χ3v) is 2.88. The average molecular weight is 248 g/mol. The average Bonchev–Trinajstić information content (AvgIpc) is 2.40. The summed E-state index contributed by atoms with van der Waals surface area (Å²) in [4.78, 5) is 9.15. The minimum Gasteiger partial charge on any atom is -0.424 e. The highest BCUT2D eigenvalue weighted by Crippen LogP contribution is 2.21. The van der Waals surface area contributed by atoms with Gasteiger partial charge in [0, 0.05) is 22.9 Å². The molecular formula is C12H12N2O2S. The molecule has 1 aromatic carbocycles. The van der Waals surface area contributed by atoms with Crippen LogP contribution in [0.1, 0.15) is 5.56 Å². The summed E-state index contributed by atoms with van der Waals surface area (Å²) >= 11 is 1.67. The van der Waals surface area contributed by atoms with Crippen molar-refractivity contribution < 1.29 is 9.84 Å². The van der Waals surface area contributed by atoms with Gasteiger partial charge in [0.2, 0.25) is 0 Å². The van der Waals surface area contributed by atoms with Gasteiger partial charge in [0.05, 0.1) is 6.61 Å². The van der Waals surface area contributed by atoms with E-state index in [1.165, 1.54) is 4.90 Å². The van der Waals surface area contributed by atoms with Crippen LogP contribution < -0.4 is 4.74 Å². The van der Waals surface area contributed by atoms with Gasteiger partial charge in [-0.2, -0.15) is 0 Å². The van der Waals surface area contributed by atoms with Crippen molar-refractivity contribution >= 4 is 11.8 Å². The van der Waals surface area contributed by atoms with E-state index in [1.807, 2.05) is 30.5 Å². The van der Waals surface area contributed by atoms with Crippen molar-refractivity contribution in [3.05, 3.63) is 42.2 Å². The summed E-state index contributed by atoms with van der Waals surface area (Å²) in [5.74, 6) is 0.694. The summed E-state index contributed by atoms with van der Waals surface area (Å²) in [7, 11) is 0. The highest BCUT2D eigenvalue weighted by Gasteiger charge is 2.00. The first-order valence-corrected chi connectivity index (χ1v) is 6.28. The quantitative estimate of drug-likeness (QED) is 0.842. The number of benzene rings is 1. The maximum atomic E-state index is 8.85. The lowest BCUT2D eigenvalue weighted by Crippen LogP contribution is -1.93. The van der Waals surface area contributed by atoms with Crippen molar-refractivity contribution in [1.82, 2.24) is 9.97 Å². The molecule has 1 heterocycles. The predicted octanol–water partition coefficient (Wildman–Crippen LogP) is 2.48. The monoisotopic (exact) mass is 248 g/mol. The highest BCUT2D eigenvalue weighted by molar-refractivity contribution is 7.98. The molecule has 0 aliphatic rings. The number of hydrogen-bond donors (Lipinski definition) is 1. The second-order valence-electron chi connectivity index (χ2n) is 3.31. The molecule has 0 saturated heterocycles. The van der Waals surface area contributed by atoms with Crippen LogP contribution in [-0.4, -0.2) is 21.3 Å². The molecule has 0 radical (unpaired) electrons. The standard InChI is InChI=1S/C12H12N2O2S/c1-17-11-4-2-10(3-5-11)16-12-13-6-9(8-15)7-14-12/h2-7,15H,8H2,1H3. The first-order valence-electron chi connectivity index (χ1n) is 5.05. The fourth-order valence-electron chi connectivity index (χ4n) is 1.23. The highest BCUT2D eigenvalue weighted by atomic mass is 32.2. The predicted molar refractivity (Wildman–Crippen MR) is 66.3 cm³/mol. The topological polar surface area (TPSA) is 55.2 Å². The van der Waals surface area contributed by atoms with Gasteiger partial charge in [-0.05, 0) is 30.5 Å². The van der Waals surface area contributed by atoms with Crippen LogP contribution in [0.5, 0.6) is 11.8 Å². The molecule has 5 heteroatoms. The van der Waals surface area contributed by atoms with E-state index in [0.29, 0.717) is 11.3 Å². The molecule has 88 valence electrons. The van der Waals surface area contributed by atoms with E-state index in [1.54, 1.807) is 24.2 Å². The molecular weight excluding hydrogens is 236 g/mol. The zero-order chi connectivity index (χ0) is 12.1. The Morgan fingerprint density at radius 1 is 1.18 bits per heavy atom. The van der Waals surface area contributed by atoms with Crippen LogP contribution in [0.3, 0.4) is 0 Å². The van der Waals surface area contributed by atoms with Crippen LogP contribution in [0, 0.1) is 0 Å². The number of rotatable bonds is 4. The first-order chi connectivity index (χ1) is 8.31. The number of hydrogen-bond acceptors (Lipinski definition) is 5. The Morgan fingerprint density at radius 3 is 2.35 bits per heavy atom. The lowest BCUT2D eigenvalue weighted by atomic mass is 10.3. The van der Waals surface area contributed by atoms with Crippen molar-refractivity contribution in [3.8, 4) is 11.8 Å². The van der Waals surface area contributed by atoms with E-state index in [4.69, 9.17) is 9.84 Å². The van der Waals surface area contributed by atoms with Gasteiger partial charge in [0.25, 0.3) is 0 Å². The maximum absolute atomic E-state index is 8.85. The Bertz CT molecular complexity index is 425.